The molecule has 7 rings (SSSR count). The summed E-state index contributed by atoms with van der Waals surface area (Å²) in [5, 5.41) is 6.44. The molecule has 1 saturated heterocycles. The van der Waals surface area contributed by atoms with E-state index in [4.69, 9.17) is 4.98 Å². The van der Waals surface area contributed by atoms with E-state index in [-0.39, 0.29) is 11.8 Å². The maximum absolute atomic E-state index is 12.1. The molecule has 3 fully saturated rings. The van der Waals surface area contributed by atoms with Gasteiger partial charge >= 0.3 is 0 Å². The molecule has 0 bridgehead atoms. The molecule has 1 aromatic carbocycles. The Labute approximate surface area is 242 Å². The monoisotopic (exact) mass is 551 g/mol. The molecule has 4 heterocycles. The Kier molecular flexibility index (Phi) is 7.92. The molecule has 8 heteroatoms. The molecule has 3 aliphatic rings. The number of fused-ring (bicyclic) bond motifs is 1. The first-order valence-electron chi connectivity index (χ1n) is 14.9. The highest BCUT2D eigenvalue weighted by Gasteiger charge is 2.30. The topological polar surface area (TPSA) is 77.8 Å². The molecule has 8 nitrogen and oxygen atoms in total. The van der Waals surface area contributed by atoms with Gasteiger partial charge in [-0.3, -0.25) is 4.79 Å². The number of nitrogens with one attached hydrogen (secondary N) is 2. The van der Waals surface area contributed by atoms with Gasteiger partial charge in [0.2, 0.25) is 5.91 Å². The molecule has 2 aliphatic carbocycles. The molecule has 2 saturated carbocycles. The molecular formula is C33H41N7O. The van der Waals surface area contributed by atoms with Gasteiger partial charge in [0.15, 0.2) is 5.65 Å². The zero-order valence-corrected chi connectivity index (χ0v) is 24.4. The first-order valence-corrected chi connectivity index (χ1v) is 14.9. The van der Waals surface area contributed by atoms with Crippen LogP contribution in [0.15, 0.2) is 60.9 Å². The Hall–Kier alpha value is -3.91. The number of hydrogen-bond donors (Lipinski definition) is 2. The van der Waals surface area contributed by atoms with Crippen molar-refractivity contribution in [3.05, 3.63) is 83.4 Å². The van der Waals surface area contributed by atoms with Gasteiger partial charge in [0, 0.05) is 61.9 Å². The normalized spacial score (nSPS) is 17.2. The largest absolute Gasteiger partial charge is 0.379 e. The summed E-state index contributed by atoms with van der Waals surface area (Å²) in [6.07, 6.45) is 8.96. The van der Waals surface area contributed by atoms with E-state index in [9.17, 15) is 4.79 Å². The van der Waals surface area contributed by atoms with Crippen LogP contribution in [0.25, 0.3) is 5.65 Å². The Morgan fingerprint density at radius 1 is 0.927 bits per heavy atom. The Morgan fingerprint density at radius 3 is 2.34 bits per heavy atom. The first-order chi connectivity index (χ1) is 19.9. The summed E-state index contributed by atoms with van der Waals surface area (Å²) >= 11 is 0. The fourth-order valence-corrected chi connectivity index (χ4v) is 5.29. The zero-order valence-electron chi connectivity index (χ0n) is 24.4. The number of likely N-dealkylation sites (N-methyl/N-ethyl adjacent to an activating group) is 1. The van der Waals surface area contributed by atoms with Gasteiger partial charge < -0.3 is 24.8 Å². The molecule has 4 aromatic rings. The third-order valence-electron chi connectivity index (χ3n) is 8.06. The van der Waals surface area contributed by atoms with E-state index in [2.05, 4.69) is 74.4 Å². The van der Waals surface area contributed by atoms with Crippen molar-refractivity contribution in [2.45, 2.75) is 52.0 Å². The number of hydrogen-bond acceptors (Lipinski definition) is 6. The molecule has 3 aromatic heterocycles. The van der Waals surface area contributed by atoms with Gasteiger partial charge in [-0.1, -0.05) is 35.9 Å². The number of rotatable bonds is 7. The lowest BCUT2D eigenvalue weighted by atomic mass is 10.1. The third kappa shape index (κ3) is 7.06. The number of benzene rings is 1. The van der Waals surface area contributed by atoms with E-state index in [1.54, 1.807) is 0 Å². The van der Waals surface area contributed by atoms with Crippen LogP contribution in [0.2, 0.25) is 0 Å². The fraction of sp³-hybridized carbons (Fsp3) is 0.424. The predicted octanol–water partition coefficient (Wildman–Crippen LogP) is 5.62. The number of imidazole rings is 1. The lowest BCUT2D eigenvalue weighted by molar-refractivity contribution is -0.117. The standard InChI is InChI=1S/C26H33N7O.C7H8/c1-17-11-21(13-24(28-17)30-26(34)19-5-6-19)27-14-22-16-33-15-20(18-3-4-18)12-23(25(33)29-22)32-9-7-31(2)8-10-32;1-7-5-3-2-4-6-7/h11-13,15-16,18-19H,3-10,14H2,1-2H3,(H2,27,28,30,34);2-6H,1H3. The number of carbonyl (C=O) groups is 1. The van der Waals surface area contributed by atoms with Crippen LogP contribution >= 0.6 is 0 Å². The minimum Gasteiger partial charge on any atom is -0.379 e. The minimum absolute atomic E-state index is 0.0762. The van der Waals surface area contributed by atoms with Gasteiger partial charge in [0.1, 0.15) is 5.82 Å². The van der Waals surface area contributed by atoms with Crippen LogP contribution in [0.3, 0.4) is 0 Å². The van der Waals surface area contributed by atoms with Crippen molar-refractivity contribution in [2.75, 3.05) is 48.8 Å². The highest BCUT2D eigenvalue weighted by atomic mass is 16.2. The van der Waals surface area contributed by atoms with Crippen LogP contribution in [0, 0.1) is 19.8 Å². The molecule has 1 amide bonds. The predicted molar refractivity (Wildman–Crippen MR) is 166 cm³/mol. The van der Waals surface area contributed by atoms with Gasteiger partial charge in [-0.15, -0.1) is 0 Å². The summed E-state index contributed by atoms with van der Waals surface area (Å²) in [6, 6.07) is 16.6. The first kappa shape index (κ1) is 27.3. The molecule has 0 unspecified atom stereocenters. The fourth-order valence-electron chi connectivity index (χ4n) is 5.29. The van der Waals surface area contributed by atoms with Crippen molar-refractivity contribution in [3.63, 3.8) is 0 Å². The summed E-state index contributed by atoms with van der Waals surface area (Å²) in [4.78, 5) is 26.5. The van der Waals surface area contributed by atoms with E-state index in [1.807, 2.05) is 37.3 Å². The van der Waals surface area contributed by atoms with E-state index >= 15 is 0 Å². The maximum atomic E-state index is 12.1. The summed E-state index contributed by atoms with van der Waals surface area (Å²) in [7, 11) is 2.19. The van der Waals surface area contributed by atoms with E-state index in [0.717, 1.165) is 61.7 Å². The molecule has 0 atom stereocenters. The average molecular weight is 552 g/mol. The van der Waals surface area contributed by atoms with Crippen molar-refractivity contribution in [1.82, 2.24) is 19.3 Å². The molecular weight excluding hydrogens is 510 g/mol. The SMILES string of the molecule is Cc1cc(NCc2cn3cc(C4CC4)cc(N4CCN(C)CC4)c3n2)cc(NC(=O)C2CC2)n1.Cc1ccccc1. The molecule has 41 heavy (non-hydrogen) atoms. The number of anilines is 3. The van der Waals surface area contributed by atoms with Gasteiger partial charge in [0.05, 0.1) is 17.9 Å². The van der Waals surface area contributed by atoms with Crippen LogP contribution in [-0.2, 0) is 11.3 Å². The van der Waals surface area contributed by atoms with Gasteiger partial charge in [0.25, 0.3) is 0 Å². The van der Waals surface area contributed by atoms with Gasteiger partial charge in [-0.2, -0.15) is 0 Å². The minimum atomic E-state index is 0.0762. The van der Waals surface area contributed by atoms with Crippen molar-refractivity contribution in [3.8, 4) is 0 Å². The number of aromatic nitrogens is 3. The van der Waals surface area contributed by atoms with Gasteiger partial charge in [-0.25, -0.2) is 9.97 Å². The number of aryl methyl sites for hydroxylation is 2. The molecule has 1 aliphatic heterocycles. The summed E-state index contributed by atoms with van der Waals surface area (Å²) in [5.74, 6) is 1.54. The second-order valence-electron chi connectivity index (χ2n) is 11.8. The Morgan fingerprint density at radius 2 is 1.68 bits per heavy atom. The summed E-state index contributed by atoms with van der Waals surface area (Å²) in [5.41, 5.74) is 7.86. The van der Waals surface area contributed by atoms with Crippen LogP contribution < -0.4 is 15.5 Å². The van der Waals surface area contributed by atoms with Crippen LogP contribution in [0.5, 0.6) is 0 Å². The van der Waals surface area contributed by atoms with Crippen molar-refractivity contribution in [1.29, 1.82) is 0 Å². The number of nitrogens with zero attached hydrogens (tertiary/aromatic N) is 5. The highest BCUT2D eigenvalue weighted by Crippen LogP contribution is 2.42. The average Bonchev–Trinajstić information content (AvgIpc) is 3.89. The van der Waals surface area contributed by atoms with E-state index in [0.29, 0.717) is 18.3 Å². The van der Waals surface area contributed by atoms with Crippen LogP contribution in [-0.4, -0.2) is 58.4 Å². The lowest BCUT2D eigenvalue weighted by Gasteiger charge is -2.34. The number of pyridine rings is 2. The summed E-state index contributed by atoms with van der Waals surface area (Å²) < 4.78 is 2.22. The van der Waals surface area contributed by atoms with Crippen molar-refractivity contribution >= 4 is 28.7 Å². The molecule has 0 spiro atoms. The quantitative estimate of drug-likeness (QED) is 0.310. The second kappa shape index (κ2) is 11.9. The van der Waals surface area contributed by atoms with E-state index in [1.165, 1.54) is 29.7 Å². The van der Waals surface area contributed by atoms with Crippen LogP contribution in [0.4, 0.5) is 17.2 Å². The number of carbonyl (C=O) groups excluding carboxylic acids is 1. The smallest absolute Gasteiger partial charge is 0.228 e. The van der Waals surface area contributed by atoms with Crippen molar-refractivity contribution in [2.24, 2.45) is 5.92 Å². The second-order valence-corrected chi connectivity index (χ2v) is 11.8. The maximum Gasteiger partial charge on any atom is 0.228 e. The molecule has 2 N–H and O–H groups in total. The molecule has 214 valence electrons. The van der Waals surface area contributed by atoms with Crippen LogP contribution in [0.1, 0.15) is 54.1 Å². The number of piperazine rings is 1. The van der Waals surface area contributed by atoms with Gasteiger partial charge in [-0.05, 0) is 70.2 Å². The molecule has 0 radical (unpaired) electrons. The van der Waals surface area contributed by atoms with E-state index < -0.39 is 0 Å². The third-order valence-corrected chi connectivity index (χ3v) is 8.06. The Balaban J connectivity index is 0.000000380. The Bertz CT molecular complexity index is 1500. The summed E-state index contributed by atoms with van der Waals surface area (Å²) in [6.45, 7) is 8.87. The zero-order chi connectivity index (χ0) is 28.3. The number of amides is 1. The highest BCUT2D eigenvalue weighted by molar-refractivity contribution is 5.93. The van der Waals surface area contributed by atoms with Crippen molar-refractivity contribution < 1.29 is 4.79 Å². The lowest BCUT2D eigenvalue weighted by Crippen LogP contribution is -2.44.